The minimum absolute atomic E-state index is 0.0134. The van der Waals surface area contributed by atoms with Crippen LogP contribution in [0.4, 0.5) is 30.7 Å². The summed E-state index contributed by atoms with van der Waals surface area (Å²) in [6.45, 7) is -0.178. The summed E-state index contributed by atoms with van der Waals surface area (Å²) in [5.41, 5.74) is 5.26. The molecule has 84 heavy (non-hydrogen) atoms. The molecule has 450 valence electrons. The maximum Gasteiger partial charge on any atom is 0.490 e. The first-order valence-electron chi connectivity index (χ1n) is 26.5. The van der Waals surface area contributed by atoms with E-state index < -0.39 is 58.1 Å². The molecule has 4 saturated carbocycles. The highest BCUT2D eigenvalue weighted by molar-refractivity contribution is 6.32. The van der Waals surface area contributed by atoms with Crippen LogP contribution in [-0.2, 0) is 14.4 Å². The van der Waals surface area contributed by atoms with Crippen molar-refractivity contribution in [2.75, 3.05) is 13.2 Å². The number of carbonyl (C=O) groups is 5. The highest BCUT2D eigenvalue weighted by atomic mass is 35.5. The fraction of sp³-hybridized carbons (Fsp3) is 0.397. The molecular weight excluding hydrogens is 1200 g/mol. The van der Waals surface area contributed by atoms with Gasteiger partial charge in [-0.2, -0.15) is 13.2 Å². The highest BCUT2D eigenvalue weighted by Gasteiger charge is 2.38. The summed E-state index contributed by atoms with van der Waals surface area (Å²) in [5, 5.41) is 19.2. The first kappa shape index (κ1) is 64.8. The molecule has 4 fully saturated rings. The Hall–Kier alpha value is -6.72. The Morgan fingerprint density at radius 1 is 0.560 bits per heavy atom. The molecule has 15 nitrogen and oxygen atoms in total. The van der Waals surface area contributed by atoms with E-state index in [2.05, 4.69) is 5.32 Å². The van der Waals surface area contributed by atoms with E-state index in [1.807, 2.05) is 4.57 Å². The predicted molar refractivity (Wildman–Crippen MR) is 300 cm³/mol. The SMILES string of the molecule is NC1CCC(CC(=O)COc2ccc(Cl)c(F)c2)CC1.O=C(COc1ccc(Cl)c(F)c1)CC1CCC(NC(=O)c2cn(C3CC3)c3cc(Cl)c(F)cc3c2=O)CC1.O=C(O)C(F)(F)F.O=C(O)c1cn(C2CC2)c2cc(Cl)c(F)cc2c1=O. The van der Waals surface area contributed by atoms with E-state index in [-0.39, 0.29) is 103 Å². The zero-order valence-corrected chi connectivity index (χ0v) is 47.4. The number of hydrogen-bond acceptors (Lipinski definition) is 10. The van der Waals surface area contributed by atoms with Crippen molar-refractivity contribution in [2.24, 2.45) is 17.6 Å². The van der Waals surface area contributed by atoms with E-state index in [1.165, 1.54) is 42.6 Å². The Morgan fingerprint density at radius 3 is 1.32 bits per heavy atom. The lowest BCUT2D eigenvalue weighted by Crippen LogP contribution is -2.40. The lowest BCUT2D eigenvalue weighted by molar-refractivity contribution is -0.192. The molecule has 0 spiro atoms. The molecule has 0 aliphatic heterocycles. The Balaban J connectivity index is 0.000000185. The summed E-state index contributed by atoms with van der Waals surface area (Å²) >= 11 is 22.9. The number of carboxylic acids is 2. The lowest BCUT2D eigenvalue weighted by Gasteiger charge is -2.29. The number of nitrogens with zero attached hydrogens (tertiary/aromatic N) is 2. The molecule has 26 heteroatoms. The average Bonchev–Trinajstić information content (AvgIpc) is 1.98. The van der Waals surface area contributed by atoms with Gasteiger partial charge in [0.05, 0.1) is 31.1 Å². The fourth-order valence-electron chi connectivity index (χ4n) is 9.70. The number of ketones is 2. The molecular formula is C58H55Cl4F7N4O11. The second-order valence-corrected chi connectivity index (χ2v) is 22.5. The van der Waals surface area contributed by atoms with Gasteiger partial charge >= 0.3 is 18.1 Å². The van der Waals surface area contributed by atoms with Crippen molar-refractivity contribution in [1.29, 1.82) is 0 Å². The van der Waals surface area contributed by atoms with Crippen LogP contribution in [0.25, 0.3) is 21.8 Å². The van der Waals surface area contributed by atoms with Crippen molar-refractivity contribution in [3.63, 3.8) is 0 Å². The molecule has 6 aromatic rings. The monoisotopic (exact) mass is 1260 g/mol. The van der Waals surface area contributed by atoms with E-state index in [9.17, 15) is 59.5 Å². The molecule has 4 aliphatic carbocycles. The molecule has 2 heterocycles. The Bertz CT molecular complexity index is 3580. The van der Waals surface area contributed by atoms with Crippen LogP contribution in [-0.4, -0.2) is 80.2 Å². The van der Waals surface area contributed by atoms with Gasteiger partial charge in [-0.1, -0.05) is 46.4 Å². The molecule has 0 radical (unpaired) electrons. The Labute approximate surface area is 494 Å². The Kier molecular flexibility index (Phi) is 22.0. The third-order valence-corrected chi connectivity index (χ3v) is 15.6. The zero-order chi connectivity index (χ0) is 61.3. The number of Topliss-reactive ketones (excluding diaryl/α,β-unsaturated/α-hetero) is 2. The number of nitrogens with two attached hydrogens (primary N) is 1. The van der Waals surface area contributed by atoms with Gasteiger partial charge in [0.15, 0.2) is 11.6 Å². The number of amides is 1. The normalized spacial score (nSPS) is 18.4. The largest absolute Gasteiger partial charge is 0.490 e. The van der Waals surface area contributed by atoms with Gasteiger partial charge in [-0.15, -0.1) is 0 Å². The van der Waals surface area contributed by atoms with Crippen molar-refractivity contribution in [1.82, 2.24) is 14.5 Å². The molecule has 4 aliphatic rings. The molecule has 1 amide bonds. The van der Waals surface area contributed by atoms with Crippen molar-refractivity contribution in [2.45, 2.75) is 120 Å². The number of alkyl halides is 3. The zero-order valence-electron chi connectivity index (χ0n) is 44.4. The number of aromatic carboxylic acids is 1. The van der Waals surface area contributed by atoms with Crippen LogP contribution in [0, 0.1) is 35.1 Å². The second-order valence-electron chi connectivity index (χ2n) is 20.9. The van der Waals surface area contributed by atoms with Crippen LogP contribution >= 0.6 is 46.4 Å². The van der Waals surface area contributed by atoms with Gasteiger partial charge in [0.2, 0.25) is 10.9 Å². The number of carboxylic acid groups (broad SMARTS) is 2. The molecule has 0 bridgehead atoms. The molecule has 2 aromatic heterocycles. The summed E-state index contributed by atoms with van der Waals surface area (Å²) in [6, 6.07) is 13.6. The number of fused-ring (bicyclic) bond motifs is 2. The van der Waals surface area contributed by atoms with Crippen molar-refractivity contribution in [3.05, 3.63) is 148 Å². The van der Waals surface area contributed by atoms with Gasteiger partial charge in [0, 0.05) is 72.3 Å². The smallest absolute Gasteiger partial charge is 0.486 e. The number of ether oxygens (including phenoxy) is 2. The number of rotatable bonds is 15. The van der Waals surface area contributed by atoms with E-state index in [0.29, 0.717) is 48.4 Å². The standard InChI is InChI=1S/C28H26Cl2F2N2O4.C15H19ClFNO2.C13H9ClFNO3.C2HF3O2/c29-22-8-7-19(10-24(22)31)38-14-18(35)9-15-1-3-16(4-2-15)33-28(37)21-13-34(17-5-6-17)26-12-23(30)25(32)11-20(26)27(21)36;16-14-6-5-13(8-15(14)17)20-9-12(19)7-10-1-3-11(18)4-2-10;14-9-4-11-7(3-10(9)15)12(17)8(13(18)19)5-16(11)6-1-2-6;3-2(4,5)1(6)7/h7-8,10-13,15-17H,1-6,9,14H2,(H,33,37);5-6,8,10-11H,1-4,7,9,18H2;3-6H,1-2H2,(H,18,19);(H,6,7). The molecule has 10 rings (SSSR count). The number of nitrogens with one attached hydrogen (secondary N) is 1. The number of hydrogen-bond donors (Lipinski definition) is 4. The van der Waals surface area contributed by atoms with Gasteiger partial charge in [0.1, 0.15) is 59.1 Å². The van der Waals surface area contributed by atoms with E-state index in [4.69, 9.17) is 76.6 Å². The molecule has 5 N–H and O–H groups in total. The number of aliphatic carboxylic acids is 1. The van der Waals surface area contributed by atoms with Crippen LogP contribution in [0.3, 0.4) is 0 Å². The van der Waals surface area contributed by atoms with Crippen molar-refractivity contribution < 1.29 is 74.4 Å². The van der Waals surface area contributed by atoms with Gasteiger partial charge < -0.3 is 39.9 Å². The van der Waals surface area contributed by atoms with Gasteiger partial charge in [-0.05, 0) is 137 Å². The molecule has 0 unspecified atom stereocenters. The third-order valence-electron chi connectivity index (χ3n) is 14.4. The lowest BCUT2D eigenvalue weighted by atomic mass is 9.83. The highest BCUT2D eigenvalue weighted by Crippen LogP contribution is 2.39. The third kappa shape index (κ3) is 17.7. The van der Waals surface area contributed by atoms with E-state index >= 15 is 0 Å². The number of benzene rings is 4. The first-order valence-corrected chi connectivity index (χ1v) is 28.0. The van der Waals surface area contributed by atoms with Crippen molar-refractivity contribution in [3.8, 4) is 11.5 Å². The first-order chi connectivity index (χ1) is 39.7. The number of aromatic nitrogens is 2. The second kappa shape index (κ2) is 28.4. The summed E-state index contributed by atoms with van der Waals surface area (Å²) in [7, 11) is 0. The van der Waals surface area contributed by atoms with Gasteiger partial charge in [0.25, 0.3) is 5.91 Å². The van der Waals surface area contributed by atoms with E-state index in [0.717, 1.165) is 82.4 Å². The predicted octanol–water partition coefficient (Wildman–Crippen LogP) is 13.0. The van der Waals surface area contributed by atoms with Crippen molar-refractivity contribution >= 4 is 97.6 Å². The van der Waals surface area contributed by atoms with E-state index in [1.54, 1.807) is 16.8 Å². The maximum atomic E-state index is 14.1. The van der Waals surface area contributed by atoms with Gasteiger partial charge in [-0.3, -0.25) is 24.0 Å². The number of carbonyl (C=O) groups excluding carboxylic acids is 3. The van der Waals surface area contributed by atoms with Crippen LogP contribution in [0.1, 0.15) is 123 Å². The minimum Gasteiger partial charge on any atom is -0.486 e. The Morgan fingerprint density at radius 2 is 0.940 bits per heavy atom. The molecule has 0 saturated heterocycles. The number of pyridine rings is 2. The molecule has 4 aromatic carbocycles. The average molecular weight is 1260 g/mol. The summed E-state index contributed by atoms with van der Waals surface area (Å²) in [5.74, 6) is -6.04. The summed E-state index contributed by atoms with van der Waals surface area (Å²) < 4.78 is 100. The summed E-state index contributed by atoms with van der Waals surface area (Å²) in [4.78, 5) is 82.4. The summed E-state index contributed by atoms with van der Waals surface area (Å²) in [6.07, 6.45) is 9.08. The quantitative estimate of drug-likeness (QED) is 0.0704. The van der Waals surface area contributed by atoms with Crippen LogP contribution in [0.2, 0.25) is 20.1 Å². The fourth-order valence-corrected chi connectivity index (χ4v) is 10.3. The topological polar surface area (TPSA) is 226 Å². The van der Waals surface area contributed by atoms with Crippen LogP contribution < -0.4 is 31.4 Å². The minimum atomic E-state index is -5.08. The maximum absolute atomic E-state index is 14.1. The van der Waals surface area contributed by atoms with Gasteiger partial charge in [-0.25, -0.2) is 27.2 Å². The van der Waals surface area contributed by atoms with Crippen LogP contribution in [0.15, 0.2) is 82.6 Å². The number of halogens is 11. The molecule has 0 atom stereocenters. The van der Waals surface area contributed by atoms with Crippen LogP contribution in [0.5, 0.6) is 11.5 Å².